The molecule has 1 aliphatic heterocycles. The number of benzene rings is 1. The number of alkyl halides is 3. The molecule has 0 radical (unpaired) electrons. The SMILES string of the molecule is CCc1cc(S(F)(F)(F)(F)F)cc2c1OC(C(F)(F)F)C(C(=O)OC(C)OC(=O)OC(C)CCO[N+](=O)[O-])=C2. The second kappa shape index (κ2) is 10.2. The summed E-state index contributed by atoms with van der Waals surface area (Å²) in [4.78, 5) is 36.0. The lowest BCUT2D eigenvalue weighted by Gasteiger charge is -2.41. The van der Waals surface area contributed by atoms with Crippen molar-refractivity contribution in [3.63, 3.8) is 0 Å². The van der Waals surface area contributed by atoms with Gasteiger partial charge >= 0.3 is 28.5 Å². The van der Waals surface area contributed by atoms with Crippen LogP contribution < -0.4 is 4.74 Å². The average molecular weight is 603 g/mol. The summed E-state index contributed by atoms with van der Waals surface area (Å²) in [5.41, 5.74) is -2.92. The Morgan fingerprint density at radius 1 is 1.10 bits per heavy atom. The highest BCUT2D eigenvalue weighted by atomic mass is 32.5. The molecule has 1 heterocycles. The fraction of sp³-hybridized carbons (Fsp3) is 0.500. The van der Waals surface area contributed by atoms with Gasteiger partial charge in [-0.3, -0.25) is 0 Å². The monoisotopic (exact) mass is 603 g/mol. The van der Waals surface area contributed by atoms with Gasteiger partial charge in [0, 0.05) is 18.9 Å². The van der Waals surface area contributed by atoms with E-state index in [4.69, 9.17) is 9.47 Å². The number of halogens is 8. The predicted molar refractivity (Wildman–Crippen MR) is 116 cm³/mol. The minimum absolute atomic E-state index is 0.0168. The molecule has 0 spiro atoms. The Morgan fingerprint density at radius 2 is 1.72 bits per heavy atom. The lowest BCUT2D eigenvalue weighted by atomic mass is 9.98. The van der Waals surface area contributed by atoms with Crippen molar-refractivity contribution >= 4 is 28.4 Å². The Balaban J connectivity index is 2.30. The van der Waals surface area contributed by atoms with Crippen LogP contribution in [0.5, 0.6) is 5.75 Å². The van der Waals surface area contributed by atoms with Gasteiger partial charge in [0.05, 0.1) is 12.2 Å². The summed E-state index contributed by atoms with van der Waals surface area (Å²) in [5, 5.41) is 9.00. The van der Waals surface area contributed by atoms with Gasteiger partial charge in [-0.15, -0.1) is 10.1 Å². The Kier molecular flexibility index (Phi) is 8.32. The fourth-order valence-electron chi connectivity index (χ4n) is 3.18. The van der Waals surface area contributed by atoms with E-state index in [9.17, 15) is 52.3 Å². The molecule has 0 saturated carbocycles. The molecular formula is C20H21F8NO9S. The Morgan fingerprint density at radius 3 is 2.23 bits per heavy atom. The van der Waals surface area contributed by atoms with E-state index in [1.54, 1.807) is 0 Å². The molecule has 222 valence electrons. The number of carbonyl (C=O) groups excluding carboxylic acids is 2. The number of carbonyl (C=O) groups is 2. The molecule has 0 fully saturated rings. The van der Waals surface area contributed by atoms with Crippen LogP contribution in [-0.2, 0) is 30.3 Å². The van der Waals surface area contributed by atoms with E-state index < -0.39 is 92.5 Å². The van der Waals surface area contributed by atoms with Crippen molar-refractivity contribution in [3.8, 4) is 5.75 Å². The molecule has 3 unspecified atom stereocenters. The van der Waals surface area contributed by atoms with E-state index in [1.165, 1.54) is 13.8 Å². The van der Waals surface area contributed by atoms with Crippen LogP contribution in [0, 0.1) is 10.1 Å². The van der Waals surface area contributed by atoms with E-state index >= 15 is 0 Å². The third-order valence-electron chi connectivity index (χ3n) is 4.91. The highest BCUT2D eigenvalue weighted by Gasteiger charge is 2.66. The summed E-state index contributed by atoms with van der Waals surface area (Å²) >= 11 is 0. The van der Waals surface area contributed by atoms with Crippen molar-refractivity contribution in [1.82, 2.24) is 0 Å². The van der Waals surface area contributed by atoms with Crippen LogP contribution in [0.4, 0.5) is 37.4 Å². The maximum Gasteiger partial charge on any atom is 0.511 e. The number of aryl methyl sites for hydroxylation is 1. The number of esters is 1. The van der Waals surface area contributed by atoms with Crippen LogP contribution in [0.1, 0.15) is 38.3 Å². The van der Waals surface area contributed by atoms with Gasteiger partial charge in [0.15, 0.2) is 0 Å². The molecule has 0 saturated heterocycles. The summed E-state index contributed by atoms with van der Waals surface area (Å²) < 4.78 is 127. The summed E-state index contributed by atoms with van der Waals surface area (Å²) in [5.74, 6) is -2.64. The van der Waals surface area contributed by atoms with Crippen LogP contribution in [0.2, 0.25) is 0 Å². The van der Waals surface area contributed by atoms with Crippen molar-refractivity contribution in [2.45, 2.75) is 63.2 Å². The Bertz CT molecular complexity index is 1170. The van der Waals surface area contributed by atoms with E-state index in [-0.39, 0.29) is 24.6 Å². The molecule has 10 nitrogen and oxygen atoms in total. The molecule has 0 aliphatic carbocycles. The number of hydrogen-bond donors (Lipinski definition) is 0. The fourth-order valence-corrected chi connectivity index (χ4v) is 3.89. The standard InChI is InChI=1S/C20H21F8NO9S/c1-4-12-7-14(39(24,25,26,27)28)8-13-9-15(17(20(21,22)23)38-16(12)13)18(30)36-11(3)37-19(31)35-10(2)5-6-34-29(32)33/h7-11,17H,4-6H2,1-3H3. The molecule has 1 aromatic carbocycles. The zero-order valence-electron chi connectivity index (χ0n) is 20.1. The minimum Gasteiger partial charge on any atom is -0.475 e. The number of nitrogens with zero attached hydrogens (tertiary/aromatic N) is 1. The van der Waals surface area contributed by atoms with Crippen LogP contribution in [0.3, 0.4) is 0 Å². The van der Waals surface area contributed by atoms with Gasteiger partial charge in [0.25, 0.3) is 5.09 Å². The maximum absolute atomic E-state index is 13.7. The number of hydrogen-bond acceptors (Lipinski definition) is 9. The predicted octanol–water partition coefficient (Wildman–Crippen LogP) is 6.64. The quantitative estimate of drug-likeness (QED) is 0.0952. The molecule has 39 heavy (non-hydrogen) atoms. The Labute approximate surface area is 214 Å². The van der Waals surface area contributed by atoms with Gasteiger partial charge in [-0.2, -0.15) is 13.2 Å². The Hall–Kier alpha value is -3.51. The van der Waals surface area contributed by atoms with E-state index in [2.05, 4.69) is 14.3 Å². The molecule has 19 heteroatoms. The third kappa shape index (κ3) is 8.75. The summed E-state index contributed by atoms with van der Waals surface area (Å²) in [6, 6.07) is -0.158. The van der Waals surface area contributed by atoms with Gasteiger partial charge in [-0.05, 0) is 37.1 Å². The first-order valence-electron chi connectivity index (χ1n) is 10.7. The number of rotatable bonds is 10. The zero-order chi connectivity index (χ0) is 30.0. The largest absolute Gasteiger partial charge is 0.511 e. The molecule has 0 bridgehead atoms. The van der Waals surface area contributed by atoms with Gasteiger partial charge < -0.3 is 23.8 Å². The zero-order valence-corrected chi connectivity index (χ0v) is 21.0. The molecule has 1 aromatic rings. The molecule has 0 N–H and O–H groups in total. The van der Waals surface area contributed by atoms with E-state index in [0.29, 0.717) is 0 Å². The van der Waals surface area contributed by atoms with Gasteiger partial charge in [0.2, 0.25) is 12.4 Å². The van der Waals surface area contributed by atoms with Crippen molar-refractivity contribution < 1.29 is 71.1 Å². The topological polar surface area (TPSA) is 123 Å². The van der Waals surface area contributed by atoms with Crippen molar-refractivity contribution in [1.29, 1.82) is 0 Å². The molecule has 3 atom stereocenters. The molecule has 0 amide bonds. The highest BCUT2D eigenvalue weighted by Crippen LogP contribution is 3.02. The summed E-state index contributed by atoms with van der Waals surface area (Å²) in [7, 11) is -10.3. The van der Waals surface area contributed by atoms with Crippen LogP contribution in [-0.4, -0.2) is 48.5 Å². The van der Waals surface area contributed by atoms with Crippen molar-refractivity contribution in [2.75, 3.05) is 6.61 Å². The summed E-state index contributed by atoms with van der Waals surface area (Å²) in [6.07, 6.45) is -13.1. The van der Waals surface area contributed by atoms with Gasteiger partial charge in [-0.1, -0.05) is 26.4 Å². The van der Waals surface area contributed by atoms with Crippen LogP contribution >= 0.6 is 10.2 Å². The first-order valence-corrected chi connectivity index (χ1v) is 12.7. The minimum atomic E-state index is -10.3. The maximum atomic E-state index is 13.7. The number of fused-ring (bicyclic) bond motifs is 1. The lowest BCUT2D eigenvalue weighted by Crippen LogP contribution is -2.41. The highest BCUT2D eigenvalue weighted by molar-refractivity contribution is 8.45. The lowest BCUT2D eigenvalue weighted by molar-refractivity contribution is -0.758. The smallest absolute Gasteiger partial charge is 0.475 e. The first kappa shape index (κ1) is 31.7. The molecule has 2 rings (SSSR count). The molecular weight excluding hydrogens is 582 g/mol. The normalized spacial score (nSPS) is 18.6. The second-order valence-corrected chi connectivity index (χ2v) is 10.5. The average Bonchev–Trinajstić information content (AvgIpc) is 2.74. The van der Waals surface area contributed by atoms with Gasteiger partial charge in [0.1, 0.15) is 16.7 Å². The van der Waals surface area contributed by atoms with Crippen molar-refractivity contribution in [3.05, 3.63) is 38.9 Å². The molecule has 1 aliphatic rings. The van der Waals surface area contributed by atoms with Crippen molar-refractivity contribution in [2.24, 2.45) is 0 Å². The second-order valence-electron chi connectivity index (χ2n) is 8.08. The van der Waals surface area contributed by atoms with E-state index in [0.717, 1.165) is 6.92 Å². The summed E-state index contributed by atoms with van der Waals surface area (Å²) in [6.45, 7) is 2.90. The number of ether oxygens (including phenoxy) is 4. The first-order chi connectivity index (χ1) is 17.5. The van der Waals surface area contributed by atoms with Crippen LogP contribution in [0.25, 0.3) is 6.08 Å². The van der Waals surface area contributed by atoms with Crippen LogP contribution in [0.15, 0.2) is 22.6 Å². The molecule has 0 aromatic heterocycles. The third-order valence-corrected chi connectivity index (χ3v) is 6.04. The van der Waals surface area contributed by atoms with Gasteiger partial charge in [-0.25, -0.2) is 9.59 Å². The van der Waals surface area contributed by atoms with E-state index in [1.807, 2.05) is 0 Å².